The zero-order valence-electron chi connectivity index (χ0n) is 5.63. The van der Waals surface area contributed by atoms with Gasteiger partial charge < -0.3 is 4.98 Å². The summed E-state index contributed by atoms with van der Waals surface area (Å²) in [7, 11) is 0. The first-order chi connectivity index (χ1) is 5.42. The maximum atomic E-state index is 5.20. The molecule has 0 saturated heterocycles. The molecule has 0 unspecified atom stereocenters. The quantitative estimate of drug-likeness (QED) is 0.362. The second-order valence-corrected chi connectivity index (χ2v) is 2.02. The first-order valence-electron chi connectivity index (χ1n) is 3.08. The third-order valence-corrected chi connectivity index (χ3v) is 1.41. The Labute approximate surface area is 61.8 Å². The topological polar surface area (TPSA) is 93.8 Å². The molecule has 11 heavy (non-hydrogen) atoms. The standard InChI is InChI=1S/C5H6N6/c6-11-5-3-4(8-1-7-3)9-2-10-5/h1-2H,6H2,(H2,7,8,9,10,11)/p+1. The van der Waals surface area contributed by atoms with E-state index in [1.54, 1.807) is 6.33 Å². The van der Waals surface area contributed by atoms with Crippen LogP contribution in [0.1, 0.15) is 0 Å². The number of nitrogens with two attached hydrogens (primary N) is 1. The number of hydrazine groups is 1. The first kappa shape index (κ1) is 6.05. The Hall–Kier alpha value is -1.69. The fraction of sp³-hybridized carbons (Fsp3) is 0. The van der Waals surface area contributed by atoms with Crippen LogP contribution in [0.3, 0.4) is 0 Å². The smallest absolute Gasteiger partial charge is 0.291 e. The van der Waals surface area contributed by atoms with E-state index < -0.39 is 0 Å². The highest BCUT2D eigenvalue weighted by molar-refractivity contribution is 5.79. The number of nitrogens with zero attached hydrogens (tertiary/aromatic N) is 2. The minimum Gasteiger partial charge on any atom is -0.323 e. The first-order valence-corrected chi connectivity index (χ1v) is 3.08. The van der Waals surface area contributed by atoms with Crippen molar-refractivity contribution in [1.82, 2.24) is 15.0 Å². The average molecular weight is 151 g/mol. The van der Waals surface area contributed by atoms with Gasteiger partial charge in [0, 0.05) is 0 Å². The molecule has 5 N–H and O–H groups in total. The third-order valence-electron chi connectivity index (χ3n) is 1.41. The average Bonchev–Trinajstić information content (AvgIpc) is 2.50. The van der Waals surface area contributed by atoms with Crippen molar-refractivity contribution in [2.24, 2.45) is 5.84 Å². The lowest BCUT2D eigenvalue weighted by Gasteiger charge is -1.90. The highest BCUT2D eigenvalue weighted by Crippen LogP contribution is 2.09. The van der Waals surface area contributed by atoms with Crippen LogP contribution in [-0.4, -0.2) is 15.0 Å². The molecular weight excluding hydrogens is 144 g/mol. The number of rotatable bonds is 1. The summed E-state index contributed by atoms with van der Waals surface area (Å²) in [5.74, 6) is 5.78. The third kappa shape index (κ3) is 0.802. The highest BCUT2D eigenvalue weighted by atomic mass is 15.3. The molecule has 0 fully saturated rings. The number of H-pyrrole nitrogens is 2. The van der Waals surface area contributed by atoms with Crippen LogP contribution < -0.4 is 16.3 Å². The Kier molecular flexibility index (Phi) is 1.19. The number of anilines is 1. The van der Waals surface area contributed by atoms with Gasteiger partial charge in [0.2, 0.25) is 12.1 Å². The van der Waals surface area contributed by atoms with E-state index in [1.807, 2.05) is 0 Å². The lowest BCUT2D eigenvalue weighted by atomic mass is 10.5. The molecule has 0 atom stereocenters. The second kappa shape index (κ2) is 2.17. The van der Waals surface area contributed by atoms with E-state index in [0.717, 1.165) is 11.2 Å². The summed E-state index contributed by atoms with van der Waals surface area (Å²) in [5, 5.41) is 0. The molecule has 0 radical (unpaired) electrons. The fourth-order valence-corrected chi connectivity index (χ4v) is 0.916. The predicted molar refractivity (Wildman–Crippen MR) is 38.3 cm³/mol. The summed E-state index contributed by atoms with van der Waals surface area (Å²) in [6.45, 7) is 0. The highest BCUT2D eigenvalue weighted by Gasteiger charge is 2.08. The largest absolute Gasteiger partial charge is 0.323 e. The van der Waals surface area contributed by atoms with Crippen LogP contribution in [0.2, 0.25) is 0 Å². The number of imidazole rings is 1. The summed E-state index contributed by atoms with van der Waals surface area (Å²) in [4.78, 5) is 13.7. The van der Waals surface area contributed by atoms with Gasteiger partial charge in [0.15, 0.2) is 11.8 Å². The number of hydrogen-bond acceptors (Lipinski definition) is 4. The van der Waals surface area contributed by atoms with Crippen molar-refractivity contribution in [3.8, 4) is 0 Å². The van der Waals surface area contributed by atoms with Gasteiger partial charge in [-0.25, -0.2) is 10.8 Å². The van der Waals surface area contributed by atoms with E-state index in [1.165, 1.54) is 6.33 Å². The van der Waals surface area contributed by atoms with Crippen LogP contribution in [0.25, 0.3) is 11.2 Å². The molecule has 56 valence electrons. The normalized spacial score (nSPS) is 10.3. The second-order valence-electron chi connectivity index (χ2n) is 2.02. The predicted octanol–water partition coefficient (Wildman–Crippen LogP) is -0.942. The van der Waals surface area contributed by atoms with Crippen LogP contribution in [0, 0.1) is 0 Å². The molecule has 6 heteroatoms. The maximum Gasteiger partial charge on any atom is 0.291 e. The monoisotopic (exact) mass is 151 g/mol. The Morgan fingerprint density at radius 2 is 2.45 bits per heavy atom. The molecule has 6 nitrogen and oxygen atoms in total. The van der Waals surface area contributed by atoms with Crippen molar-refractivity contribution in [2.45, 2.75) is 0 Å². The van der Waals surface area contributed by atoms with E-state index in [-0.39, 0.29) is 0 Å². The number of hydrogen-bond donors (Lipinski definition) is 3. The van der Waals surface area contributed by atoms with Gasteiger partial charge in [-0.1, -0.05) is 9.97 Å². The summed E-state index contributed by atoms with van der Waals surface area (Å²) in [6.07, 6.45) is 3.10. The van der Waals surface area contributed by atoms with Crippen LogP contribution in [0.15, 0.2) is 12.7 Å². The zero-order chi connectivity index (χ0) is 7.68. The molecule has 0 aromatic carbocycles. The molecule has 0 aliphatic heterocycles. The fourth-order valence-electron chi connectivity index (χ4n) is 0.916. The van der Waals surface area contributed by atoms with Gasteiger partial charge in [0.05, 0.1) is 0 Å². The van der Waals surface area contributed by atoms with Gasteiger partial charge in [0.25, 0.3) is 5.65 Å². The van der Waals surface area contributed by atoms with Gasteiger partial charge in [-0.15, -0.1) is 0 Å². The van der Waals surface area contributed by atoms with Crippen LogP contribution in [0.5, 0.6) is 0 Å². The molecule has 0 saturated carbocycles. The molecule has 0 aliphatic carbocycles. The Bertz CT molecular complexity index is 366. The Morgan fingerprint density at radius 3 is 3.27 bits per heavy atom. The van der Waals surface area contributed by atoms with E-state index in [4.69, 9.17) is 5.84 Å². The Balaban J connectivity index is 2.79. The summed E-state index contributed by atoms with van der Waals surface area (Å²) < 4.78 is 0. The molecule has 2 aromatic heterocycles. The van der Waals surface area contributed by atoms with Gasteiger partial charge in [0.1, 0.15) is 0 Å². The number of fused-ring (bicyclic) bond motifs is 1. The Morgan fingerprint density at radius 1 is 1.55 bits per heavy atom. The molecule has 2 rings (SSSR count). The van der Waals surface area contributed by atoms with Crippen molar-refractivity contribution < 1.29 is 4.98 Å². The molecule has 0 bridgehead atoms. The van der Waals surface area contributed by atoms with Gasteiger partial charge in [-0.3, -0.25) is 5.43 Å². The number of nitrogens with one attached hydrogen (secondary N) is 3. The molecule has 0 spiro atoms. The van der Waals surface area contributed by atoms with Gasteiger partial charge in [-0.05, 0) is 0 Å². The SMILES string of the molecule is NNc1nc[nH+]c2nc[nH]c12. The van der Waals surface area contributed by atoms with Crippen LogP contribution >= 0.6 is 0 Å². The van der Waals surface area contributed by atoms with Crippen LogP contribution in [-0.2, 0) is 0 Å². The number of nitrogen functional groups attached to an aromatic ring is 1. The van der Waals surface area contributed by atoms with Crippen molar-refractivity contribution >= 4 is 17.0 Å². The molecule has 0 amide bonds. The van der Waals surface area contributed by atoms with E-state index in [9.17, 15) is 0 Å². The lowest BCUT2D eigenvalue weighted by molar-refractivity contribution is -0.352. The van der Waals surface area contributed by atoms with E-state index in [0.29, 0.717) is 5.82 Å². The molecule has 2 heterocycles. The molecule has 0 aliphatic rings. The molecule has 2 aromatic rings. The van der Waals surface area contributed by atoms with Crippen molar-refractivity contribution in [1.29, 1.82) is 0 Å². The van der Waals surface area contributed by atoms with E-state index >= 15 is 0 Å². The van der Waals surface area contributed by atoms with Crippen molar-refractivity contribution in [3.05, 3.63) is 12.7 Å². The maximum absolute atomic E-state index is 5.20. The summed E-state index contributed by atoms with van der Waals surface area (Å²) in [5.41, 5.74) is 3.96. The lowest BCUT2D eigenvalue weighted by Crippen LogP contribution is -2.13. The zero-order valence-corrected chi connectivity index (χ0v) is 5.63. The minimum atomic E-state index is 0.580. The van der Waals surface area contributed by atoms with E-state index in [2.05, 4.69) is 25.4 Å². The van der Waals surface area contributed by atoms with Gasteiger partial charge in [-0.2, -0.15) is 0 Å². The number of aromatic nitrogens is 4. The van der Waals surface area contributed by atoms with Crippen LogP contribution in [0.4, 0.5) is 5.82 Å². The summed E-state index contributed by atoms with van der Waals surface area (Å²) >= 11 is 0. The number of aromatic amines is 2. The minimum absolute atomic E-state index is 0.580. The van der Waals surface area contributed by atoms with Gasteiger partial charge >= 0.3 is 0 Å². The summed E-state index contributed by atoms with van der Waals surface area (Å²) in [6, 6.07) is 0. The van der Waals surface area contributed by atoms with Crippen molar-refractivity contribution in [2.75, 3.05) is 5.43 Å². The van der Waals surface area contributed by atoms with Crippen molar-refractivity contribution in [3.63, 3.8) is 0 Å². The molecular formula is C5H7N6+.